The van der Waals surface area contributed by atoms with Crippen LogP contribution in [-0.4, -0.2) is 58.5 Å². The van der Waals surface area contributed by atoms with Gasteiger partial charge in [-0.1, -0.05) is 36.1 Å². The summed E-state index contributed by atoms with van der Waals surface area (Å²) < 4.78 is 10.9. The fourth-order valence-electron chi connectivity index (χ4n) is 2.51. The Morgan fingerprint density at radius 2 is 2.15 bits per heavy atom. The first-order valence-corrected chi connectivity index (χ1v) is 10.3. The molecule has 0 radical (unpaired) electrons. The van der Waals surface area contributed by atoms with Crippen molar-refractivity contribution in [2.45, 2.75) is 12.5 Å². The summed E-state index contributed by atoms with van der Waals surface area (Å²) in [5.74, 6) is 0.197. The number of hydrogen-bond acceptors (Lipinski definition) is 7. The molecule has 1 aliphatic heterocycles. The smallest absolute Gasteiger partial charge is 0.326 e. The number of nitrogens with zero attached hydrogens (tertiary/aromatic N) is 1. The Morgan fingerprint density at radius 3 is 2.73 bits per heavy atom. The number of ether oxygens (including phenoxy) is 2. The van der Waals surface area contributed by atoms with Crippen molar-refractivity contribution in [2.24, 2.45) is 0 Å². The molecule has 0 spiro atoms. The molecule has 9 heteroatoms. The largest absolute Gasteiger partial charge is 0.493 e. The molecular formula is C17H19NO5S3. The summed E-state index contributed by atoms with van der Waals surface area (Å²) in [6, 6.07) is 4.36. The Balaban J connectivity index is 2.36. The summed E-state index contributed by atoms with van der Waals surface area (Å²) in [4.78, 5) is 25.9. The van der Waals surface area contributed by atoms with Gasteiger partial charge in [-0.15, -0.1) is 0 Å². The number of para-hydroxylation sites is 1. The second kappa shape index (κ2) is 9.29. The highest BCUT2D eigenvalue weighted by Gasteiger charge is 2.40. The maximum atomic E-state index is 12.8. The van der Waals surface area contributed by atoms with Gasteiger partial charge in [0.25, 0.3) is 5.91 Å². The molecule has 1 aliphatic rings. The minimum atomic E-state index is -1.06. The zero-order chi connectivity index (χ0) is 19.3. The quantitative estimate of drug-likeness (QED) is 0.515. The van der Waals surface area contributed by atoms with Crippen molar-refractivity contribution in [2.75, 3.05) is 26.2 Å². The lowest BCUT2D eigenvalue weighted by atomic mass is 10.1. The monoisotopic (exact) mass is 413 g/mol. The summed E-state index contributed by atoms with van der Waals surface area (Å²) in [6.45, 7) is 0. The van der Waals surface area contributed by atoms with Gasteiger partial charge in [0.15, 0.2) is 11.5 Å². The minimum absolute atomic E-state index is 0.247. The summed E-state index contributed by atoms with van der Waals surface area (Å²) >= 11 is 7.88. The number of thiocarbonyl (C=S) groups is 1. The molecule has 1 atom stereocenters. The van der Waals surface area contributed by atoms with Crippen LogP contribution in [0.25, 0.3) is 6.08 Å². The average Bonchev–Trinajstić information content (AvgIpc) is 2.89. The van der Waals surface area contributed by atoms with E-state index in [0.29, 0.717) is 34.1 Å². The van der Waals surface area contributed by atoms with E-state index in [2.05, 4.69) is 0 Å². The SMILES string of the molecule is COc1cccc(/C=C2/SC(=S)N([C@@H](CCSC)C(=O)O)C2=O)c1OC. The molecule has 1 amide bonds. The van der Waals surface area contributed by atoms with Crippen LogP contribution in [0.15, 0.2) is 23.1 Å². The molecule has 0 aliphatic carbocycles. The van der Waals surface area contributed by atoms with Crippen molar-refractivity contribution in [1.82, 2.24) is 4.90 Å². The molecule has 1 fully saturated rings. The number of carboxylic acid groups (broad SMARTS) is 1. The third kappa shape index (κ3) is 4.33. The lowest BCUT2D eigenvalue weighted by Crippen LogP contribution is -2.44. The predicted molar refractivity (Wildman–Crippen MR) is 109 cm³/mol. The van der Waals surface area contributed by atoms with Crippen molar-refractivity contribution in [3.63, 3.8) is 0 Å². The first-order valence-electron chi connectivity index (χ1n) is 7.64. The van der Waals surface area contributed by atoms with E-state index >= 15 is 0 Å². The van der Waals surface area contributed by atoms with Crippen molar-refractivity contribution < 1.29 is 24.2 Å². The molecule has 0 aromatic heterocycles. The van der Waals surface area contributed by atoms with Gasteiger partial charge in [0.05, 0.1) is 19.1 Å². The second-order valence-corrected chi connectivity index (χ2v) is 7.93. The topological polar surface area (TPSA) is 76.1 Å². The van der Waals surface area contributed by atoms with E-state index in [1.54, 1.807) is 24.3 Å². The summed E-state index contributed by atoms with van der Waals surface area (Å²) in [5.41, 5.74) is 0.656. The molecule has 1 N–H and O–H groups in total. The lowest BCUT2D eigenvalue weighted by Gasteiger charge is -2.22. The number of benzene rings is 1. The molecule has 0 unspecified atom stereocenters. The summed E-state index contributed by atoms with van der Waals surface area (Å²) in [7, 11) is 3.05. The molecule has 1 saturated heterocycles. The predicted octanol–water partition coefficient (Wildman–Crippen LogP) is 3.11. The van der Waals surface area contributed by atoms with Crippen LogP contribution in [-0.2, 0) is 9.59 Å². The third-order valence-corrected chi connectivity index (χ3v) is 5.71. The zero-order valence-electron chi connectivity index (χ0n) is 14.6. The third-order valence-electron chi connectivity index (χ3n) is 3.74. The zero-order valence-corrected chi connectivity index (χ0v) is 17.0. The van der Waals surface area contributed by atoms with Crippen molar-refractivity contribution in [1.29, 1.82) is 0 Å². The number of carbonyl (C=O) groups is 2. The fraction of sp³-hybridized carbons (Fsp3) is 0.353. The molecule has 0 saturated carbocycles. The van der Waals surface area contributed by atoms with Gasteiger partial charge in [0.2, 0.25) is 0 Å². The number of rotatable bonds is 8. The van der Waals surface area contributed by atoms with Crippen LogP contribution in [0.5, 0.6) is 11.5 Å². The second-order valence-electron chi connectivity index (χ2n) is 5.27. The molecule has 0 bridgehead atoms. The van der Waals surface area contributed by atoms with Gasteiger partial charge in [0, 0.05) is 5.56 Å². The molecular weight excluding hydrogens is 394 g/mol. The van der Waals surface area contributed by atoms with E-state index < -0.39 is 17.9 Å². The van der Waals surface area contributed by atoms with Crippen LogP contribution in [0.3, 0.4) is 0 Å². The maximum absolute atomic E-state index is 12.8. The average molecular weight is 414 g/mol. The Labute approximate surface area is 165 Å². The van der Waals surface area contributed by atoms with Crippen LogP contribution >= 0.6 is 35.7 Å². The molecule has 26 heavy (non-hydrogen) atoms. The molecule has 1 heterocycles. The molecule has 6 nitrogen and oxygen atoms in total. The summed E-state index contributed by atoms with van der Waals surface area (Å²) in [6.07, 6.45) is 3.87. The fourth-order valence-corrected chi connectivity index (χ4v) is 4.31. The standard InChI is InChI=1S/C17H19NO5S3/c1-22-12-6-4-5-10(14(12)23-2)9-13-15(19)18(17(24)26-13)11(16(20)21)7-8-25-3/h4-6,9,11H,7-8H2,1-3H3,(H,20,21)/b13-9+/t11-/m0/s1. The van der Waals surface area contributed by atoms with Crippen LogP contribution in [0, 0.1) is 0 Å². The van der Waals surface area contributed by atoms with E-state index in [4.69, 9.17) is 21.7 Å². The van der Waals surface area contributed by atoms with E-state index in [9.17, 15) is 14.7 Å². The van der Waals surface area contributed by atoms with Gasteiger partial charge < -0.3 is 14.6 Å². The number of methoxy groups -OCH3 is 2. The highest BCUT2D eigenvalue weighted by Crippen LogP contribution is 2.38. The highest BCUT2D eigenvalue weighted by atomic mass is 32.2. The van der Waals surface area contributed by atoms with E-state index in [0.717, 1.165) is 11.8 Å². The van der Waals surface area contributed by atoms with Crippen molar-refractivity contribution >= 4 is 58.0 Å². The van der Waals surface area contributed by atoms with E-state index in [1.807, 2.05) is 6.26 Å². The van der Waals surface area contributed by atoms with Crippen LogP contribution in [0.2, 0.25) is 0 Å². The Hall–Kier alpha value is -1.71. The van der Waals surface area contributed by atoms with Gasteiger partial charge in [-0.3, -0.25) is 9.69 Å². The van der Waals surface area contributed by atoms with Crippen LogP contribution in [0.4, 0.5) is 0 Å². The lowest BCUT2D eigenvalue weighted by molar-refractivity contribution is -0.145. The maximum Gasteiger partial charge on any atom is 0.326 e. The van der Waals surface area contributed by atoms with Gasteiger partial charge in [-0.2, -0.15) is 11.8 Å². The number of carboxylic acids is 1. The Morgan fingerprint density at radius 1 is 1.42 bits per heavy atom. The number of carbonyl (C=O) groups excluding carboxylic acids is 1. The van der Waals surface area contributed by atoms with Gasteiger partial charge >= 0.3 is 5.97 Å². The first kappa shape index (κ1) is 20.6. The Kier molecular flexibility index (Phi) is 7.36. The van der Waals surface area contributed by atoms with E-state index in [-0.39, 0.29) is 4.32 Å². The molecule has 1 aromatic carbocycles. The van der Waals surface area contributed by atoms with Crippen molar-refractivity contribution in [3.05, 3.63) is 28.7 Å². The van der Waals surface area contributed by atoms with Crippen LogP contribution < -0.4 is 9.47 Å². The number of amides is 1. The van der Waals surface area contributed by atoms with Gasteiger partial charge in [0.1, 0.15) is 10.4 Å². The minimum Gasteiger partial charge on any atom is -0.493 e. The normalized spacial score (nSPS) is 16.9. The number of hydrogen-bond donors (Lipinski definition) is 1. The van der Waals surface area contributed by atoms with E-state index in [1.165, 1.54) is 30.9 Å². The molecule has 1 aromatic rings. The molecule has 140 valence electrons. The molecule has 2 rings (SSSR count). The Bertz CT molecular complexity index is 750. The van der Waals surface area contributed by atoms with Gasteiger partial charge in [-0.25, -0.2) is 4.79 Å². The number of thioether (sulfide) groups is 2. The first-order chi connectivity index (χ1) is 12.4. The van der Waals surface area contributed by atoms with Gasteiger partial charge in [-0.05, 0) is 30.6 Å². The van der Waals surface area contributed by atoms with Crippen molar-refractivity contribution in [3.8, 4) is 11.5 Å². The number of aliphatic carboxylic acids is 1. The summed E-state index contributed by atoms with van der Waals surface area (Å²) in [5, 5.41) is 9.49. The van der Waals surface area contributed by atoms with Crippen LogP contribution in [0.1, 0.15) is 12.0 Å². The highest BCUT2D eigenvalue weighted by molar-refractivity contribution is 8.26.